The predicted molar refractivity (Wildman–Crippen MR) is 92.9 cm³/mol. The van der Waals surface area contributed by atoms with Crippen molar-refractivity contribution in [2.24, 2.45) is 0 Å². The van der Waals surface area contributed by atoms with Gasteiger partial charge in [0, 0.05) is 22.3 Å². The molecule has 0 aliphatic rings. The summed E-state index contributed by atoms with van der Waals surface area (Å²) in [5.41, 5.74) is -0.318. The summed E-state index contributed by atoms with van der Waals surface area (Å²) in [4.78, 5) is 15.0. The molecule has 0 saturated carbocycles. The molecule has 0 spiro atoms. The van der Waals surface area contributed by atoms with Crippen molar-refractivity contribution in [2.75, 3.05) is 17.6 Å². The lowest BCUT2D eigenvalue weighted by Crippen LogP contribution is -2.34. The van der Waals surface area contributed by atoms with E-state index in [1.807, 2.05) is 6.55 Å². The average Bonchev–Trinajstić information content (AvgIpc) is 2.64. The Labute approximate surface area is 149 Å². The number of anilines is 1. The van der Waals surface area contributed by atoms with E-state index in [0.29, 0.717) is 22.4 Å². The molecule has 2 rings (SSSR count). The molecule has 0 aliphatic carbocycles. The molecule has 25 heavy (non-hydrogen) atoms. The Hall–Kier alpha value is -2.10. The molecule has 9 heteroatoms. The molecule has 0 fully saturated rings. The lowest BCUT2D eigenvalue weighted by molar-refractivity contribution is 0.111. The molecule has 0 amide bonds. The van der Waals surface area contributed by atoms with Gasteiger partial charge in [-0.3, -0.25) is 4.79 Å². The van der Waals surface area contributed by atoms with Gasteiger partial charge < -0.3 is 4.74 Å². The van der Waals surface area contributed by atoms with Gasteiger partial charge in [-0.15, -0.1) is 0 Å². The molecule has 132 valence electrons. The lowest BCUT2D eigenvalue weighted by atomic mass is 10.3. The number of aromatic nitrogens is 1. The highest BCUT2D eigenvalue weighted by molar-refractivity contribution is 7.92. The molecule has 0 bridgehead atoms. The minimum absolute atomic E-state index is 0.129. The predicted octanol–water partition coefficient (Wildman–Crippen LogP) is 2.37. The van der Waals surface area contributed by atoms with E-state index in [4.69, 9.17) is 6.11 Å². The van der Waals surface area contributed by atoms with E-state index in [1.54, 1.807) is 0 Å². The first-order valence-corrected chi connectivity index (χ1v) is 10.5. The number of ether oxygens (including phenoxy) is 1. The van der Waals surface area contributed by atoms with Crippen LogP contribution in [0.15, 0.2) is 47.6 Å². The zero-order chi connectivity index (χ0) is 19.2. The van der Waals surface area contributed by atoms with E-state index in [9.17, 15) is 17.6 Å². The first kappa shape index (κ1) is 17.7. The quantitative estimate of drug-likeness (QED) is 0.288. The maximum absolute atomic E-state index is 13.8. The number of aldehydes is 1. The smallest absolute Gasteiger partial charge is 0.284 e. The van der Waals surface area contributed by atoms with Gasteiger partial charge in [-0.2, -0.15) is 8.42 Å². The largest absolute Gasteiger partial charge is 0.360 e. The molecule has 0 saturated heterocycles. The Balaban J connectivity index is 2.51. The van der Waals surface area contributed by atoms with E-state index in [1.165, 1.54) is 30.5 Å². The summed E-state index contributed by atoms with van der Waals surface area (Å²) in [5.74, 6) is -0.866. The maximum atomic E-state index is 13.8. The number of sulfonamides is 1. The standard InChI is InChI=1S/C16H17FN2O4SSi/c1-25-9-8-23-12-19(15-6-2-5-14(17)10-15)24(21,22)16-13(11-20)4-3-7-18-16/h2-7,10-11H,8-9,12H2,1H3/i10T. The summed E-state index contributed by atoms with van der Waals surface area (Å²) in [7, 11) is -3.71. The third kappa shape index (κ3) is 4.71. The zero-order valence-electron chi connectivity index (χ0n) is 14.5. The lowest BCUT2D eigenvalue weighted by Gasteiger charge is -2.24. The second-order valence-corrected chi connectivity index (χ2v) is 7.88. The van der Waals surface area contributed by atoms with Gasteiger partial charge in [0.05, 0.1) is 12.6 Å². The highest BCUT2D eigenvalue weighted by Crippen LogP contribution is 2.24. The fourth-order valence-corrected chi connectivity index (χ4v) is 3.72. The number of rotatable bonds is 9. The monoisotopic (exact) mass is 382 g/mol. The summed E-state index contributed by atoms with van der Waals surface area (Å²) in [6, 6.07) is 6.58. The molecule has 1 aromatic carbocycles. The van der Waals surface area contributed by atoms with Gasteiger partial charge in [0.1, 0.15) is 12.5 Å². The number of hydrogen-bond donors (Lipinski definition) is 0. The topological polar surface area (TPSA) is 76.6 Å². The van der Waals surface area contributed by atoms with Crippen LogP contribution in [-0.4, -0.2) is 42.5 Å². The molecular weight excluding hydrogens is 363 g/mol. The van der Waals surface area contributed by atoms with Crippen LogP contribution in [0.25, 0.3) is 0 Å². The van der Waals surface area contributed by atoms with Crippen molar-refractivity contribution in [2.45, 2.75) is 17.6 Å². The van der Waals surface area contributed by atoms with Gasteiger partial charge in [-0.1, -0.05) is 12.6 Å². The van der Waals surface area contributed by atoms with Crippen LogP contribution in [0, 0.1) is 5.82 Å². The van der Waals surface area contributed by atoms with Crippen molar-refractivity contribution in [1.82, 2.24) is 4.98 Å². The number of nitrogens with zero attached hydrogens (tertiary/aromatic N) is 2. The van der Waals surface area contributed by atoms with Crippen LogP contribution < -0.4 is 4.31 Å². The van der Waals surface area contributed by atoms with Gasteiger partial charge in [0.2, 0.25) is 0 Å². The highest BCUT2D eigenvalue weighted by Gasteiger charge is 2.29. The highest BCUT2D eigenvalue weighted by atomic mass is 32.2. The van der Waals surface area contributed by atoms with Crippen molar-refractivity contribution < 1.29 is 23.7 Å². The van der Waals surface area contributed by atoms with Crippen LogP contribution in [0.3, 0.4) is 0 Å². The summed E-state index contributed by atoms with van der Waals surface area (Å²) in [6.45, 7) is 1.87. The normalized spacial score (nSPS) is 11.8. The number of carbonyl (C=O) groups is 1. The number of halogens is 1. The molecule has 1 aromatic heterocycles. The Morgan fingerprint density at radius 1 is 1.40 bits per heavy atom. The Morgan fingerprint density at radius 3 is 2.92 bits per heavy atom. The zero-order valence-corrected chi connectivity index (χ0v) is 15.3. The third-order valence-electron chi connectivity index (χ3n) is 3.18. The maximum Gasteiger partial charge on any atom is 0.284 e. The molecular formula is C16H17FN2O4SSi. The van der Waals surface area contributed by atoms with E-state index in [-0.39, 0.29) is 11.3 Å². The summed E-state index contributed by atoms with van der Waals surface area (Å²) in [6.07, 6.45) is 1.62. The van der Waals surface area contributed by atoms with Crippen LogP contribution in [0.4, 0.5) is 10.1 Å². The van der Waals surface area contributed by atoms with Crippen molar-refractivity contribution >= 4 is 31.5 Å². The third-order valence-corrected chi connectivity index (χ3v) is 5.60. The fourth-order valence-electron chi connectivity index (χ4n) is 1.98. The van der Waals surface area contributed by atoms with Gasteiger partial charge in [-0.25, -0.2) is 13.7 Å². The number of pyridine rings is 1. The molecule has 1 heterocycles. The first-order chi connectivity index (χ1) is 12.4. The summed E-state index contributed by atoms with van der Waals surface area (Å²) >= 11 is 0. The minimum Gasteiger partial charge on any atom is -0.360 e. The Kier molecular flexibility index (Phi) is 6.26. The van der Waals surface area contributed by atoms with Crippen LogP contribution in [0.1, 0.15) is 11.7 Å². The van der Waals surface area contributed by atoms with Crippen LogP contribution in [0.5, 0.6) is 0 Å². The number of benzene rings is 1. The number of hydrogen-bond acceptors (Lipinski definition) is 5. The second kappa shape index (κ2) is 8.84. The average molecular weight is 382 g/mol. The molecule has 0 atom stereocenters. The molecule has 2 radical (unpaired) electrons. The summed E-state index contributed by atoms with van der Waals surface area (Å²) in [5, 5.41) is -0.473. The fraction of sp³-hybridized carbons (Fsp3) is 0.250. The van der Waals surface area contributed by atoms with Gasteiger partial charge in [0.15, 0.2) is 11.3 Å². The van der Waals surface area contributed by atoms with Crippen LogP contribution in [0.2, 0.25) is 12.6 Å². The van der Waals surface area contributed by atoms with Gasteiger partial charge >= 0.3 is 0 Å². The first-order valence-electron chi connectivity index (χ1n) is 7.84. The summed E-state index contributed by atoms with van der Waals surface area (Å²) < 4.78 is 53.9. The number of carbonyl (C=O) groups excluding carboxylic acids is 1. The van der Waals surface area contributed by atoms with Gasteiger partial charge in [-0.05, 0) is 36.4 Å². The van der Waals surface area contributed by atoms with Crippen molar-refractivity contribution in [3.8, 4) is 0 Å². The van der Waals surface area contributed by atoms with E-state index in [0.717, 1.165) is 16.4 Å². The second-order valence-electron chi connectivity index (χ2n) is 4.89. The van der Waals surface area contributed by atoms with Crippen molar-refractivity contribution in [3.63, 3.8) is 0 Å². The molecule has 0 N–H and O–H groups in total. The minimum atomic E-state index is -4.34. The van der Waals surface area contributed by atoms with Gasteiger partial charge in [0.25, 0.3) is 10.0 Å². The SMILES string of the molecule is [3H]c1c(F)cccc1N(COCC[Si]C)S(=O)(=O)c1ncccc1C=O. The van der Waals surface area contributed by atoms with E-state index >= 15 is 0 Å². The van der Waals surface area contributed by atoms with Crippen LogP contribution >= 0.6 is 0 Å². The Bertz CT molecular complexity index is 882. The molecule has 6 nitrogen and oxygen atoms in total. The molecule has 0 aliphatic heterocycles. The molecule has 2 aromatic rings. The van der Waals surface area contributed by atoms with Crippen molar-refractivity contribution in [3.05, 3.63) is 54.0 Å². The van der Waals surface area contributed by atoms with Crippen molar-refractivity contribution in [1.29, 1.82) is 0 Å². The van der Waals surface area contributed by atoms with E-state index in [2.05, 4.69) is 4.98 Å². The molecule has 0 unspecified atom stereocenters. The Morgan fingerprint density at radius 2 is 2.20 bits per heavy atom. The van der Waals surface area contributed by atoms with E-state index < -0.39 is 33.6 Å². The van der Waals surface area contributed by atoms with Crippen LogP contribution in [-0.2, 0) is 14.8 Å².